The summed E-state index contributed by atoms with van der Waals surface area (Å²) in [4.78, 5) is 18.8. The monoisotopic (exact) mass is 243 g/mol. The van der Waals surface area contributed by atoms with Crippen LogP contribution in [0.1, 0.15) is 41.5 Å². The van der Waals surface area contributed by atoms with Crippen molar-refractivity contribution in [2.75, 3.05) is 5.32 Å². The van der Waals surface area contributed by atoms with Crippen LogP contribution >= 0.6 is 0 Å². The van der Waals surface area contributed by atoms with Gasteiger partial charge in [0.1, 0.15) is 5.69 Å². The van der Waals surface area contributed by atoms with Gasteiger partial charge in [-0.1, -0.05) is 26.0 Å². The molecule has 0 atom stereocenters. The Morgan fingerprint density at radius 3 is 2.44 bits per heavy atom. The van der Waals surface area contributed by atoms with E-state index in [1.807, 2.05) is 31.2 Å². The van der Waals surface area contributed by atoms with Gasteiger partial charge in [0, 0.05) is 11.4 Å². The molecular formula is C14H17N3O. The minimum atomic E-state index is -0.189. The summed E-state index contributed by atoms with van der Waals surface area (Å²) < 4.78 is 0. The van der Waals surface area contributed by atoms with E-state index in [1.54, 1.807) is 0 Å². The van der Waals surface area contributed by atoms with Gasteiger partial charge in [0.15, 0.2) is 0 Å². The van der Waals surface area contributed by atoms with Crippen LogP contribution in [0, 0.1) is 6.92 Å². The maximum atomic E-state index is 11.9. The standard InChI is InChI=1S/C14H17N3O/c1-9(2)11-4-6-12(7-5-11)17-14(18)13-10(3)15-8-16-13/h4-9H,1-3H3,(H,15,16)(H,17,18). The van der Waals surface area contributed by atoms with Gasteiger partial charge in [0.05, 0.1) is 6.33 Å². The minimum absolute atomic E-state index is 0.189. The fourth-order valence-corrected chi connectivity index (χ4v) is 1.73. The Morgan fingerprint density at radius 2 is 1.94 bits per heavy atom. The van der Waals surface area contributed by atoms with Crippen LogP contribution in [0.25, 0.3) is 0 Å². The summed E-state index contributed by atoms with van der Waals surface area (Å²) in [5.74, 6) is 0.300. The number of amides is 1. The molecule has 0 saturated heterocycles. The molecule has 0 aliphatic heterocycles. The maximum absolute atomic E-state index is 11.9. The molecule has 18 heavy (non-hydrogen) atoms. The summed E-state index contributed by atoms with van der Waals surface area (Å²) in [6.07, 6.45) is 1.52. The van der Waals surface area contributed by atoms with Crippen molar-refractivity contribution in [3.8, 4) is 0 Å². The van der Waals surface area contributed by atoms with Gasteiger partial charge in [-0.05, 0) is 30.5 Å². The van der Waals surface area contributed by atoms with E-state index >= 15 is 0 Å². The normalized spacial score (nSPS) is 10.7. The highest BCUT2D eigenvalue weighted by Crippen LogP contribution is 2.17. The van der Waals surface area contributed by atoms with Gasteiger partial charge in [-0.25, -0.2) is 4.98 Å². The Balaban J connectivity index is 2.10. The zero-order valence-electron chi connectivity index (χ0n) is 10.8. The molecule has 1 heterocycles. The number of H-pyrrole nitrogens is 1. The van der Waals surface area contributed by atoms with Crippen LogP contribution in [0.5, 0.6) is 0 Å². The molecular weight excluding hydrogens is 226 g/mol. The largest absolute Gasteiger partial charge is 0.348 e. The molecule has 2 aromatic rings. The Kier molecular flexibility index (Phi) is 3.46. The van der Waals surface area contributed by atoms with Crippen molar-refractivity contribution >= 4 is 11.6 Å². The third-order valence-electron chi connectivity index (χ3n) is 2.88. The average molecular weight is 243 g/mol. The first kappa shape index (κ1) is 12.4. The molecule has 4 nitrogen and oxygen atoms in total. The number of hydrogen-bond acceptors (Lipinski definition) is 2. The van der Waals surface area contributed by atoms with Crippen molar-refractivity contribution in [3.63, 3.8) is 0 Å². The maximum Gasteiger partial charge on any atom is 0.276 e. The molecule has 4 heteroatoms. The molecule has 1 amide bonds. The first-order valence-corrected chi connectivity index (χ1v) is 5.99. The lowest BCUT2D eigenvalue weighted by molar-refractivity contribution is 0.102. The van der Waals surface area contributed by atoms with Crippen molar-refractivity contribution in [1.29, 1.82) is 0 Å². The molecule has 0 unspecified atom stereocenters. The Hall–Kier alpha value is -2.10. The van der Waals surface area contributed by atoms with E-state index in [9.17, 15) is 4.79 Å². The van der Waals surface area contributed by atoms with Gasteiger partial charge in [-0.15, -0.1) is 0 Å². The van der Waals surface area contributed by atoms with Crippen LogP contribution in [-0.4, -0.2) is 15.9 Å². The number of aromatic nitrogens is 2. The number of nitrogens with zero attached hydrogens (tertiary/aromatic N) is 1. The number of imidazole rings is 1. The third kappa shape index (κ3) is 2.59. The average Bonchev–Trinajstić information content (AvgIpc) is 2.76. The van der Waals surface area contributed by atoms with Crippen LogP contribution in [0.15, 0.2) is 30.6 Å². The molecule has 1 aromatic carbocycles. The first-order chi connectivity index (χ1) is 8.58. The summed E-state index contributed by atoms with van der Waals surface area (Å²) in [7, 11) is 0. The zero-order chi connectivity index (χ0) is 13.1. The lowest BCUT2D eigenvalue weighted by atomic mass is 10.0. The predicted octanol–water partition coefficient (Wildman–Crippen LogP) is 3.09. The number of carbonyl (C=O) groups excluding carboxylic acids is 1. The summed E-state index contributed by atoms with van der Waals surface area (Å²) in [6.45, 7) is 6.10. The van der Waals surface area contributed by atoms with Crippen LogP contribution in [0.3, 0.4) is 0 Å². The van der Waals surface area contributed by atoms with E-state index in [2.05, 4.69) is 29.1 Å². The van der Waals surface area contributed by atoms with Crippen molar-refractivity contribution < 1.29 is 4.79 Å². The highest BCUT2D eigenvalue weighted by molar-refractivity contribution is 6.03. The molecule has 2 N–H and O–H groups in total. The van der Waals surface area contributed by atoms with E-state index in [0.717, 1.165) is 11.4 Å². The van der Waals surface area contributed by atoms with Crippen molar-refractivity contribution in [2.24, 2.45) is 0 Å². The van der Waals surface area contributed by atoms with Crippen molar-refractivity contribution in [3.05, 3.63) is 47.5 Å². The molecule has 0 aliphatic rings. The molecule has 94 valence electrons. The molecule has 0 fully saturated rings. The summed E-state index contributed by atoms with van der Waals surface area (Å²) in [5.41, 5.74) is 3.24. The zero-order valence-corrected chi connectivity index (χ0v) is 10.8. The van der Waals surface area contributed by atoms with Crippen molar-refractivity contribution in [1.82, 2.24) is 9.97 Å². The molecule has 0 saturated carbocycles. The van der Waals surface area contributed by atoms with E-state index < -0.39 is 0 Å². The Labute approximate surface area is 106 Å². The number of hydrogen-bond donors (Lipinski definition) is 2. The second-order valence-electron chi connectivity index (χ2n) is 4.61. The SMILES string of the molecule is Cc1[nH]cnc1C(=O)Nc1ccc(C(C)C)cc1. The molecule has 0 bridgehead atoms. The van der Waals surface area contributed by atoms with Gasteiger partial charge in [0.2, 0.25) is 0 Å². The Morgan fingerprint density at radius 1 is 1.28 bits per heavy atom. The van der Waals surface area contributed by atoms with Gasteiger partial charge in [-0.2, -0.15) is 0 Å². The van der Waals surface area contributed by atoms with E-state index in [1.165, 1.54) is 11.9 Å². The van der Waals surface area contributed by atoms with E-state index in [-0.39, 0.29) is 5.91 Å². The lowest BCUT2D eigenvalue weighted by Crippen LogP contribution is -2.13. The van der Waals surface area contributed by atoms with Gasteiger partial charge >= 0.3 is 0 Å². The highest BCUT2D eigenvalue weighted by Gasteiger charge is 2.11. The molecule has 0 spiro atoms. The fraction of sp³-hybridized carbons (Fsp3) is 0.286. The van der Waals surface area contributed by atoms with Gasteiger partial charge in [0.25, 0.3) is 5.91 Å². The summed E-state index contributed by atoms with van der Waals surface area (Å²) >= 11 is 0. The number of carbonyl (C=O) groups is 1. The van der Waals surface area contributed by atoms with E-state index in [4.69, 9.17) is 0 Å². The molecule has 1 aromatic heterocycles. The Bertz CT molecular complexity index is 540. The lowest BCUT2D eigenvalue weighted by Gasteiger charge is -2.07. The van der Waals surface area contributed by atoms with Gasteiger partial charge < -0.3 is 10.3 Å². The van der Waals surface area contributed by atoms with E-state index in [0.29, 0.717) is 11.6 Å². The second kappa shape index (κ2) is 5.04. The number of rotatable bonds is 3. The van der Waals surface area contributed by atoms with Crippen LogP contribution in [0.2, 0.25) is 0 Å². The van der Waals surface area contributed by atoms with Crippen molar-refractivity contribution in [2.45, 2.75) is 26.7 Å². The number of benzene rings is 1. The third-order valence-corrected chi connectivity index (χ3v) is 2.88. The quantitative estimate of drug-likeness (QED) is 0.870. The fourth-order valence-electron chi connectivity index (χ4n) is 1.73. The van der Waals surface area contributed by atoms with Crippen LogP contribution in [-0.2, 0) is 0 Å². The number of aromatic amines is 1. The second-order valence-corrected chi connectivity index (χ2v) is 4.61. The smallest absolute Gasteiger partial charge is 0.276 e. The summed E-state index contributed by atoms with van der Waals surface area (Å²) in [5, 5.41) is 2.83. The molecule has 0 aliphatic carbocycles. The van der Waals surface area contributed by atoms with Crippen LogP contribution < -0.4 is 5.32 Å². The number of nitrogens with one attached hydrogen (secondary N) is 2. The molecule has 2 rings (SSSR count). The topological polar surface area (TPSA) is 57.8 Å². The minimum Gasteiger partial charge on any atom is -0.348 e. The number of aryl methyl sites for hydroxylation is 1. The predicted molar refractivity (Wildman–Crippen MR) is 71.8 cm³/mol. The first-order valence-electron chi connectivity index (χ1n) is 5.99. The number of anilines is 1. The highest BCUT2D eigenvalue weighted by atomic mass is 16.1. The summed E-state index contributed by atoms with van der Waals surface area (Å²) in [6, 6.07) is 7.87. The van der Waals surface area contributed by atoms with Gasteiger partial charge in [-0.3, -0.25) is 4.79 Å². The molecule has 0 radical (unpaired) electrons. The van der Waals surface area contributed by atoms with Crippen LogP contribution in [0.4, 0.5) is 5.69 Å².